The average molecular weight is 385 g/mol. The first-order valence-electron chi connectivity index (χ1n) is 7.59. The van der Waals surface area contributed by atoms with E-state index in [1.807, 2.05) is 0 Å². The van der Waals surface area contributed by atoms with E-state index in [2.05, 4.69) is 0 Å². The molecule has 0 atom stereocenters. The lowest BCUT2D eigenvalue weighted by atomic mass is 9.90. The number of amides is 1. The summed E-state index contributed by atoms with van der Waals surface area (Å²) in [5.74, 6) is -1.95. The molecule has 0 bridgehead atoms. The minimum Gasteiger partial charge on any atom is -0.330 e. The highest BCUT2D eigenvalue weighted by Gasteiger charge is 2.43. The second kappa shape index (κ2) is 6.60. The lowest BCUT2D eigenvalue weighted by Crippen LogP contribution is -2.43. The third-order valence-corrected chi connectivity index (χ3v) is 4.55. The molecule has 0 aromatic heterocycles. The van der Waals surface area contributed by atoms with Crippen molar-refractivity contribution >= 4 is 23.2 Å². The summed E-state index contributed by atoms with van der Waals surface area (Å²) < 4.78 is 38.1. The minimum absolute atomic E-state index is 0.124. The van der Waals surface area contributed by atoms with E-state index >= 15 is 0 Å². The molecule has 0 aliphatic carbocycles. The summed E-state index contributed by atoms with van der Waals surface area (Å²) in [6.07, 6.45) is -4.83. The summed E-state index contributed by atoms with van der Waals surface area (Å²) in [5, 5.41) is 11.6. The average Bonchev–Trinajstić information content (AvgIpc) is 2.59. The second-order valence-corrected chi connectivity index (χ2v) is 6.25. The number of rotatable bonds is 2. The molecule has 5 nitrogen and oxygen atoms in total. The summed E-state index contributed by atoms with van der Waals surface area (Å²) in [4.78, 5) is 22.8. The van der Waals surface area contributed by atoms with Crippen LogP contribution in [0.3, 0.4) is 0 Å². The van der Waals surface area contributed by atoms with Crippen LogP contribution in [0.2, 0.25) is 5.02 Å². The second-order valence-electron chi connectivity index (χ2n) is 5.84. The van der Waals surface area contributed by atoms with Gasteiger partial charge in [-0.2, -0.15) is 13.2 Å². The van der Waals surface area contributed by atoms with E-state index in [4.69, 9.17) is 11.6 Å². The Balaban J connectivity index is 2.11. The van der Waals surface area contributed by atoms with Crippen molar-refractivity contribution in [2.45, 2.75) is 19.1 Å². The van der Waals surface area contributed by atoms with Gasteiger partial charge in [-0.05, 0) is 29.2 Å². The van der Waals surface area contributed by atoms with Gasteiger partial charge in [0.05, 0.1) is 4.92 Å². The SMILES string of the molecule is O=C(N1CCc2c(cc([N+](=O)[O-])cc2-c2ccccc2Cl)C1)C(F)(F)F. The standard InChI is InChI=1S/C17H12ClF3N2O3/c18-15-4-2-1-3-13(15)14-8-11(23(25)26)7-10-9-22(6-5-12(10)14)16(24)17(19,20)21/h1-4,7-8H,5-6,9H2. The molecular weight excluding hydrogens is 373 g/mol. The number of nitro groups is 1. The van der Waals surface area contributed by atoms with Crippen molar-refractivity contribution < 1.29 is 22.9 Å². The van der Waals surface area contributed by atoms with Gasteiger partial charge >= 0.3 is 12.1 Å². The topological polar surface area (TPSA) is 63.5 Å². The number of alkyl halides is 3. The van der Waals surface area contributed by atoms with Gasteiger partial charge in [0.1, 0.15) is 0 Å². The Bertz CT molecular complexity index is 899. The van der Waals surface area contributed by atoms with Gasteiger partial charge < -0.3 is 4.90 Å². The molecule has 9 heteroatoms. The highest BCUT2D eigenvalue weighted by atomic mass is 35.5. The molecule has 0 radical (unpaired) electrons. The predicted octanol–water partition coefficient (Wildman–Crippen LogP) is 4.36. The molecule has 0 N–H and O–H groups in total. The Kier molecular flexibility index (Phi) is 4.62. The maximum atomic E-state index is 12.7. The van der Waals surface area contributed by atoms with E-state index in [0.29, 0.717) is 32.2 Å². The predicted molar refractivity (Wildman–Crippen MR) is 88.7 cm³/mol. The smallest absolute Gasteiger partial charge is 0.330 e. The van der Waals surface area contributed by atoms with E-state index in [1.165, 1.54) is 12.1 Å². The van der Waals surface area contributed by atoms with Crippen LogP contribution in [0.1, 0.15) is 11.1 Å². The van der Waals surface area contributed by atoms with Crippen molar-refractivity contribution in [2.75, 3.05) is 6.54 Å². The minimum atomic E-state index is -4.98. The summed E-state index contributed by atoms with van der Waals surface area (Å²) in [7, 11) is 0. The number of fused-ring (bicyclic) bond motifs is 1. The summed E-state index contributed by atoms with van der Waals surface area (Å²) in [6, 6.07) is 9.32. The van der Waals surface area contributed by atoms with E-state index in [0.717, 1.165) is 0 Å². The van der Waals surface area contributed by atoms with E-state index in [1.54, 1.807) is 24.3 Å². The molecule has 26 heavy (non-hydrogen) atoms. The van der Waals surface area contributed by atoms with Crippen LogP contribution in [-0.2, 0) is 17.8 Å². The molecule has 136 valence electrons. The normalized spacial score (nSPS) is 14.1. The fourth-order valence-electron chi connectivity index (χ4n) is 3.06. The van der Waals surface area contributed by atoms with Crippen LogP contribution in [0.15, 0.2) is 36.4 Å². The van der Waals surface area contributed by atoms with Crippen molar-refractivity contribution in [1.82, 2.24) is 4.90 Å². The number of hydrogen-bond acceptors (Lipinski definition) is 3. The molecule has 0 unspecified atom stereocenters. The fraction of sp³-hybridized carbons (Fsp3) is 0.235. The molecule has 0 saturated carbocycles. The molecule has 2 aromatic rings. The largest absolute Gasteiger partial charge is 0.471 e. The van der Waals surface area contributed by atoms with Crippen LogP contribution in [0.5, 0.6) is 0 Å². The number of nitro benzene ring substituents is 1. The lowest BCUT2D eigenvalue weighted by Gasteiger charge is -2.30. The van der Waals surface area contributed by atoms with Gasteiger partial charge in [0.15, 0.2) is 0 Å². The van der Waals surface area contributed by atoms with Crippen LogP contribution >= 0.6 is 11.6 Å². The third-order valence-electron chi connectivity index (χ3n) is 4.22. The first-order chi connectivity index (χ1) is 12.2. The number of halogens is 4. The zero-order chi connectivity index (χ0) is 19.1. The quantitative estimate of drug-likeness (QED) is 0.570. The number of carbonyl (C=O) groups is 1. The fourth-order valence-corrected chi connectivity index (χ4v) is 3.30. The van der Waals surface area contributed by atoms with Crippen LogP contribution in [0.4, 0.5) is 18.9 Å². The monoisotopic (exact) mass is 384 g/mol. The summed E-state index contributed by atoms with van der Waals surface area (Å²) >= 11 is 6.19. The van der Waals surface area contributed by atoms with Crippen molar-refractivity contribution in [2.24, 2.45) is 0 Å². The summed E-state index contributed by atoms with van der Waals surface area (Å²) in [5.41, 5.74) is 1.77. The van der Waals surface area contributed by atoms with E-state index < -0.39 is 17.0 Å². The van der Waals surface area contributed by atoms with Gasteiger partial charge in [0.25, 0.3) is 5.69 Å². The molecule has 1 aliphatic rings. The first kappa shape index (κ1) is 18.2. The van der Waals surface area contributed by atoms with Crippen molar-refractivity contribution in [3.8, 4) is 11.1 Å². The maximum absolute atomic E-state index is 12.7. The number of benzene rings is 2. The van der Waals surface area contributed by atoms with E-state index in [9.17, 15) is 28.1 Å². The van der Waals surface area contributed by atoms with Gasteiger partial charge in [-0.3, -0.25) is 14.9 Å². The molecular formula is C17H12ClF3N2O3. The van der Waals surface area contributed by atoms with Crippen molar-refractivity contribution in [3.63, 3.8) is 0 Å². The Labute approximate surface area is 151 Å². The van der Waals surface area contributed by atoms with Crippen LogP contribution in [0.25, 0.3) is 11.1 Å². The van der Waals surface area contributed by atoms with Crippen molar-refractivity contribution in [1.29, 1.82) is 0 Å². The van der Waals surface area contributed by atoms with Crippen LogP contribution < -0.4 is 0 Å². The zero-order valence-electron chi connectivity index (χ0n) is 13.2. The number of hydrogen-bond donors (Lipinski definition) is 0. The zero-order valence-corrected chi connectivity index (χ0v) is 14.0. The highest BCUT2D eigenvalue weighted by molar-refractivity contribution is 6.33. The van der Waals surface area contributed by atoms with Crippen LogP contribution in [-0.4, -0.2) is 28.5 Å². The van der Waals surface area contributed by atoms with Crippen LogP contribution in [0, 0.1) is 10.1 Å². The maximum Gasteiger partial charge on any atom is 0.471 e. The molecule has 1 amide bonds. The van der Waals surface area contributed by atoms with Gasteiger partial charge in [0.2, 0.25) is 0 Å². The Morgan fingerprint density at radius 1 is 1.19 bits per heavy atom. The van der Waals surface area contributed by atoms with Crippen molar-refractivity contribution in [3.05, 3.63) is 62.7 Å². The number of non-ortho nitro benzene ring substituents is 1. The molecule has 1 aliphatic heterocycles. The van der Waals surface area contributed by atoms with Gasteiger partial charge in [-0.25, -0.2) is 0 Å². The Morgan fingerprint density at radius 3 is 2.50 bits per heavy atom. The van der Waals surface area contributed by atoms with Gasteiger partial charge in [-0.1, -0.05) is 29.8 Å². The molecule has 0 fully saturated rings. The van der Waals surface area contributed by atoms with E-state index in [-0.39, 0.29) is 25.2 Å². The number of nitrogens with zero attached hydrogens (tertiary/aromatic N) is 2. The Hall–Kier alpha value is -2.61. The highest BCUT2D eigenvalue weighted by Crippen LogP contribution is 2.38. The molecule has 2 aromatic carbocycles. The molecule has 0 saturated heterocycles. The molecule has 3 rings (SSSR count). The molecule has 1 heterocycles. The lowest BCUT2D eigenvalue weighted by molar-refractivity contribution is -0.384. The van der Waals surface area contributed by atoms with Gasteiger partial charge in [-0.15, -0.1) is 0 Å². The molecule has 0 spiro atoms. The first-order valence-corrected chi connectivity index (χ1v) is 7.97. The summed E-state index contributed by atoms with van der Waals surface area (Å²) in [6.45, 7) is -0.465. The van der Waals surface area contributed by atoms with Gasteiger partial charge in [0, 0.05) is 35.8 Å². The Morgan fingerprint density at radius 2 is 1.88 bits per heavy atom. The number of carbonyl (C=O) groups excluding carboxylic acids is 1. The third kappa shape index (κ3) is 3.37.